The molecule has 0 radical (unpaired) electrons. The van der Waals surface area contributed by atoms with E-state index >= 15 is 0 Å². The fraction of sp³-hybridized carbons (Fsp3) is 0.350. The number of phenols is 1. The zero-order chi connectivity index (χ0) is 21.2. The number of nitrogens with zero attached hydrogens (tertiary/aromatic N) is 2. The first-order chi connectivity index (χ1) is 13.7. The quantitative estimate of drug-likeness (QED) is 0.395. The summed E-state index contributed by atoms with van der Waals surface area (Å²) in [7, 11) is 0. The Morgan fingerprint density at radius 3 is 2.79 bits per heavy atom. The van der Waals surface area contributed by atoms with Crippen molar-refractivity contribution in [1.29, 1.82) is 0 Å². The van der Waals surface area contributed by atoms with Gasteiger partial charge in [0.2, 0.25) is 0 Å². The number of amides is 2. The highest BCUT2D eigenvalue weighted by atomic mass is 32.2. The lowest BCUT2D eigenvalue weighted by Gasteiger charge is -2.31. The molecular weight excluding hydrogens is 426 g/mol. The van der Waals surface area contributed by atoms with Crippen LogP contribution in [0.4, 0.5) is 4.79 Å². The number of benzene rings is 1. The van der Waals surface area contributed by atoms with Gasteiger partial charge in [0.1, 0.15) is 16.4 Å². The molecule has 29 heavy (non-hydrogen) atoms. The van der Waals surface area contributed by atoms with E-state index in [0.29, 0.717) is 5.03 Å². The van der Waals surface area contributed by atoms with Gasteiger partial charge in [0, 0.05) is 11.6 Å². The number of urea groups is 1. The molecule has 0 spiro atoms. The third kappa shape index (κ3) is 4.53. The number of nitrogens with one attached hydrogen (secondary N) is 1. The van der Waals surface area contributed by atoms with Crippen LogP contribution in [0.2, 0.25) is 0 Å². The van der Waals surface area contributed by atoms with Crippen LogP contribution < -0.4 is 5.48 Å². The first-order valence-electron chi connectivity index (χ1n) is 8.88. The summed E-state index contributed by atoms with van der Waals surface area (Å²) in [5, 5.41) is 13.6. The van der Waals surface area contributed by atoms with Gasteiger partial charge < -0.3 is 5.11 Å². The highest BCUT2D eigenvalue weighted by Crippen LogP contribution is 2.55. The number of thioether (sulfide) groups is 2. The van der Waals surface area contributed by atoms with E-state index in [-0.39, 0.29) is 10.3 Å². The number of carbonyl (C=O) groups excluding carboxylic acids is 1. The zero-order valence-electron chi connectivity index (χ0n) is 16.7. The fourth-order valence-electron chi connectivity index (χ4n) is 2.92. The third-order valence-electron chi connectivity index (χ3n) is 4.23. The summed E-state index contributed by atoms with van der Waals surface area (Å²) in [6, 6.07) is 6.73. The second-order valence-corrected chi connectivity index (χ2v) is 10.7. The van der Waals surface area contributed by atoms with E-state index in [2.05, 4.69) is 17.2 Å². The molecule has 2 aromatic rings. The SMILES string of the molecule is C=[N+](C(=O)NOC(C)(C)C)C1=CC(c2cccc(O)c2)(c2nccs2)C(SC)S1. The van der Waals surface area contributed by atoms with Crippen molar-refractivity contribution in [1.82, 2.24) is 10.5 Å². The third-order valence-corrected chi connectivity index (χ3v) is 7.99. The summed E-state index contributed by atoms with van der Waals surface area (Å²) in [6.07, 6.45) is 5.80. The predicted molar refractivity (Wildman–Crippen MR) is 121 cm³/mol. The number of thiazole rings is 1. The first-order valence-corrected chi connectivity index (χ1v) is 11.9. The number of phenolic OH excluding ortho intramolecular Hbond substituents is 1. The van der Waals surface area contributed by atoms with Gasteiger partial charge in [0.05, 0.1) is 16.7 Å². The lowest BCUT2D eigenvalue weighted by atomic mass is 9.82. The molecule has 0 fully saturated rings. The van der Waals surface area contributed by atoms with Gasteiger partial charge in [-0.3, -0.25) is 0 Å². The topological polar surface area (TPSA) is 74.5 Å². The van der Waals surface area contributed by atoms with Crippen molar-refractivity contribution in [3.05, 3.63) is 57.5 Å². The number of hydrogen-bond acceptors (Lipinski definition) is 7. The summed E-state index contributed by atoms with van der Waals surface area (Å²) in [6.45, 7) is 9.48. The fourth-order valence-corrected chi connectivity index (χ4v) is 6.49. The Balaban J connectivity index is 2.03. The Hall–Kier alpha value is -1.81. The molecule has 1 aliphatic rings. The highest BCUT2D eigenvalue weighted by molar-refractivity contribution is 8.18. The second-order valence-electron chi connectivity index (χ2n) is 7.47. The number of carbonyl (C=O) groups is 1. The monoisotopic (exact) mass is 450 g/mol. The Kier molecular flexibility index (Phi) is 6.42. The molecule has 2 atom stereocenters. The first kappa shape index (κ1) is 21.9. The van der Waals surface area contributed by atoms with Gasteiger partial charge in [-0.25, -0.2) is 4.98 Å². The standard InChI is InChI=1S/C20H23N3O3S3/c1-19(2,3)26-22-18(25)23(4)15-12-20(17(27-5)29-15,16-21-9-10-28-16)13-7-6-8-14(24)11-13/h6-12,17H,4H2,1-3,5H3,(H-,22,24,25)/p+1. The van der Waals surface area contributed by atoms with Gasteiger partial charge in [-0.1, -0.05) is 29.4 Å². The molecule has 1 aromatic carbocycles. The Labute approximate surface area is 183 Å². The van der Waals surface area contributed by atoms with Crippen molar-refractivity contribution < 1.29 is 19.3 Å². The molecule has 3 rings (SSSR count). The number of hydrogen-bond donors (Lipinski definition) is 2. The minimum atomic E-state index is -0.604. The van der Waals surface area contributed by atoms with Crippen LogP contribution in [-0.2, 0) is 10.3 Å². The van der Waals surface area contributed by atoms with Gasteiger partial charge >= 0.3 is 6.03 Å². The summed E-state index contributed by atoms with van der Waals surface area (Å²) in [5.74, 6) is 0.188. The van der Waals surface area contributed by atoms with Crippen molar-refractivity contribution in [3.8, 4) is 5.75 Å². The van der Waals surface area contributed by atoms with Crippen molar-refractivity contribution >= 4 is 47.6 Å². The van der Waals surface area contributed by atoms with Gasteiger partial charge in [-0.2, -0.15) is 14.2 Å². The molecule has 0 saturated carbocycles. The molecule has 1 aliphatic heterocycles. The van der Waals surface area contributed by atoms with Crippen molar-refractivity contribution in [2.75, 3.05) is 6.26 Å². The Morgan fingerprint density at radius 2 is 2.21 bits per heavy atom. The van der Waals surface area contributed by atoms with Crippen LogP contribution in [0.25, 0.3) is 0 Å². The van der Waals surface area contributed by atoms with Gasteiger partial charge in [-0.15, -0.1) is 23.1 Å². The molecule has 0 bridgehead atoms. The minimum absolute atomic E-state index is 0.00559. The minimum Gasteiger partial charge on any atom is -0.508 e. The van der Waals surface area contributed by atoms with Crippen LogP contribution in [0.1, 0.15) is 31.3 Å². The Morgan fingerprint density at radius 1 is 1.45 bits per heavy atom. The van der Waals surface area contributed by atoms with Crippen LogP contribution in [-0.4, -0.2) is 43.9 Å². The van der Waals surface area contributed by atoms with Gasteiger partial charge in [0.25, 0.3) is 0 Å². The maximum absolute atomic E-state index is 12.6. The lowest BCUT2D eigenvalue weighted by molar-refractivity contribution is -0.358. The number of aromatic nitrogens is 1. The molecule has 0 aliphatic carbocycles. The summed E-state index contributed by atoms with van der Waals surface area (Å²) >= 11 is 4.76. The number of hydroxylamine groups is 1. The van der Waals surface area contributed by atoms with E-state index in [9.17, 15) is 9.90 Å². The highest BCUT2D eigenvalue weighted by Gasteiger charge is 2.50. The van der Waals surface area contributed by atoms with E-state index in [1.807, 2.05) is 50.6 Å². The van der Waals surface area contributed by atoms with Crippen LogP contribution in [0.5, 0.6) is 5.75 Å². The molecule has 0 saturated heterocycles. The Bertz CT molecular complexity index is 938. The van der Waals surface area contributed by atoms with E-state index in [4.69, 9.17) is 4.84 Å². The van der Waals surface area contributed by atoms with Gasteiger partial charge in [-0.05, 0) is 50.8 Å². The van der Waals surface area contributed by atoms with Crippen LogP contribution in [0, 0.1) is 0 Å². The summed E-state index contributed by atoms with van der Waals surface area (Å²) in [4.78, 5) is 22.5. The molecule has 1 aromatic heterocycles. The molecule has 9 heteroatoms. The molecule has 6 nitrogen and oxygen atoms in total. The maximum atomic E-state index is 12.6. The molecule has 2 unspecified atom stereocenters. The average molecular weight is 451 g/mol. The van der Waals surface area contributed by atoms with Crippen molar-refractivity contribution in [2.45, 2.75) is 36.4 Å². The largest absolute Gasteiger partial charge is 0.526 e. The molecule has 154 valence electrons. The summed E-state index contributed by atoms with van der Waals surface area (Å²) < 4.78 is 1.31. The molecule has 2 N–H and O–H groups in total. The van der Waals surface area contributed by atoms with Crippen LogP contribution in [0.3, 0.4) is 0 Å². The van der Waals surface area contributed by atoms with Crippen molar-refractivity contribution in [2.24, 2.45) is 0 Å². The van der Waals surface area contributed by atoms with Crippen molar-refractivity contribution in [3.63, 3.8) is 0 Å². The van der Waals surface area contributed by atoms with Crippen LogP contribution in [0.15, 0.2) is 46.9 Å². The predicted octanol–water partition coefficient (Wildman–Crippen LogP) is 4.56. The average Bonchev–Trinajstić information content (AvgIpc) is 3.33. The van der Waals surface area contributed by atoms with E-state index in [1.165, 1.54) is 4.58 Å². The molecule has 2 amide bonds. The molecule has 2 heterocycles. The van der Waals surface area contributed by atoms with Gasteiger partial charge in [0.15, 0.2) is 5.03 Å². The lowest BCUT2D eigenvalue weighted by Crippen LogP contribution is -2.37. The van der Waals surface area contributed by atoms with E-state index < -0.39 is 17.0 Å². The number of aromatic hydroxyl groups is 1. The van der Waals surface area contributed by atoms with E-state index in [0.717, 1.165) is 10.6 Å². The van der Waals surface area contributed by atoms with E-state index in [1.54, 1.807) is 53.2 Å². The smallest absolute Gasteiger partial charge is 0.508 e. The van der Waals surface area contributed by atoms with Crippen LogP contribution >= 0.6 is 34.9 Å². The summed E-state index contributed by atoms with van der Waals surface area (Å²) in [5.41, 5.74) is 2.25. The molecular formula is C20H24N3O3S3+. The maximum Gasteiger partial charge on any atom is 0.526 e. The number of allylic oxidation sites excluding steroid dienone is 1. The number of rotatable bonds is 5. The second kappa shape index (κ2) is 8.51. The normalized spacial score (nSPS) is 21.7. The zero-order valence-corrected chi connectivity index (χ0v) is 19.2.